The molecule has 0 spiro atoms. The van der Waals surface area contributed by atoms with Crippen molar-refractivity contribution in [3.8, 4) is 5.75 Å². The molecule has 1 saturated heterocycles. The van der Waals surface area contributed by atoms with Gasteiger partial charge in [0.25, 0.3) is 0 Å². The van der Waals surface area contributed by atoms with Crippen molar-refractivity contribution in [2.24, 2.45) is 0 Å². The minimum Gasteiger partial charge on any atom is -0.494 e. The lowest BCUT2D eigenvalue weighted by Crippen LogP contribution is -2.49. The summed E-state index contributed by atoms with van der Waals surface area (Å²) in [6.45, 7) is 4.29. The summed E-state index contributed by atoms with van der Waals surface area (Å²) in [5.74, 6) is -0.00254. The quantitative estimate of drug-likeness (QED) is 0.377. The Morgan fingerprint density at radius 2 is 1.31 bits per heavy atom. The van der Waals surface area contributed by atoms with Crippen molar-refractivity contribution < 1.29 is 21.9 Å². The second-order valence-corrected chi connectivity index (χ2v) is 10.6. The van der Waals surface area contributed by atoms with E-state index in [-0.39, 0.29) is 22.6 Å². The van der Waals surface area contributed by atoms with Gasteiger partial charge in [0, 0.05) is 26.2 Å². The fourth-order valence-electron chi connectivity index (χ4n) is 4.30. The molecule has 0 aromatic heterocycles. The van der Waals surface area contributed by atoms with E-state index in [1.54, 1.807) is 48.5 Å². The van der Waals surface area contributed by atoms with Crippen LogP contribution in [0, 0.1) is 11.6 Å². The van der Waals surface area contributed by atoms with Crippen molar-refractivity contribution in [1.82, 2.24) is 9.21 Å². The molecule has 0 unspecified atom stereocenters. The number of piperazine rings is 1. The first-order valence-electron chi connectivity index (χ1n) is 11.9. The molecule has 1 aliphatic heterocycles. The highest BCUT2D eigenvalue weighted by atomic mass is 32.2. The first-order chi connectivity index (χ1) is 16.9. The predicted octanol–water partition coefficient (Wildman–Crippen LogP) is 5.24. The van der Waals surface area contributed by atoms with Gasteiger partial charge in [0.05, 0.1) is 17.5 Å². The Morgan fingerprint density at radius 3 is 1.80 bits per heavy atom. The molecule has 1 aliphatic rings. The summed E-state index contributed by atoms with van der Waals surface area (Å²) >= 11 is 0. The summed E-state index contributed by atoms with van der Waals surface area (Å²) in [5, 5.41) is 0. The number of hydrogen-bond donors (Lipinski definition) is 0. The minimum absolute atomic E-state index is 0.236. The van der Waals surface area contributed by atoms with Crippen LogP contribution >= 0.6 is 0 Å². The van der Waals surface area contributed by atoms with Crippen LogP contribution in [-0.2, 0) is 10.0 Å². The van der Waals surface area contributed by atoms with Crippen molar-refractivity contribution in [2.75, 3.05) is 32.8 Å². The summed E-state index contributed by atoms with van der Waals surface area (Å²) < 4.78 is 60.7. The SMILES string of the molecule is CCCCOc1ccc(S(=O)(=O)N2CCN(C(c3ccc(F)cc3)c3ccc(F)cc3)CC2)cc1. The number of sulfonamides is 1. The number of halogens is 2. The van der Waals surface area contributed by atoms with Crippen LogP contribution in [0.25, 0.3) is 0 Å². The van der Waals surface area contributed by atoms with Crippen LogP contribution in [0.3, 0.4) is 0 Å². The van der Waals surface area contributed by atoms with Crippen LogP contribution in [0.4, 0.5) is 8.78 Å². The maximum atomic E-state index is 13.5. The smallest absolute Gasteiger partial charge is 0.243 e. The molecule has 1 heterocycles. The number of hydrogen-bond acceptors (Lipinski definition) is 4. The summed E-state index contributed by atoms with van der Waals surface area (Å²) in [6.07, 6.45) is 1.97. The van der Waals surface area contributed by atoms with Gasteiger partial charge >= 0.3 is 0 Å². The normalized spacial score (nSPS) is 15.4. The highest BCUT2D eigenvalue weighted by Crippen LogP contribution is 2.31. The van der Waals surface area contributed by atoms with Gasteiger partial charge in [-0.3, -0.25) is 4.90 Å². The van der Waals surface area contributed by atoms with Crippen LogP contribution < -0.4 is 4.74 Å². The third-order valence-corrected chi connectivity index (χ3v) is 8.15. The van der Waals surface area contributed by atoms with Crippen LogP contribution in [0.5, 0.6) is 5.75 Å². The standard InChI is InChI=1S/C27H30F2N2O3S/c1-2-3-20-34-25-12-14-26(15-13-25)35(32,33)31-18-16-30(17-19-31)27(21-4-8-23(28)9-5-21)22-6-10-24(29)11-7-22/h4-15,27H,2-3,16-20H2,1H3. The third-order valence-electron chi connectivity index (χ3n) is 6.24. The highest BCUT2D eigenvalue weighted by Gasteiger charge is 2.32. The topological polar surface area (TPSA) is 49.9 Å². The molecule has 0 aliphatic carbocycles. The monoisotopic (exact) mass is 500 g/mol. The minimum atomic E-state index is -3.64. The largest absolute Gasteiger partial charge is 0.494 e. The van der Waals surface area contributed by atoms with Gasteiger partial charge in [-0.25, -0.2) is 17.2 Å². The fraction of sp³-hybridized carbons (Fsp3) is 0.333. The summed E-state index contributed by atoms with van der Waals surface area (Å²) in [5.41, 5.74) is 1.74. The molecule has 0 atom stereocenters. The molecule has 0 radical (unpaired) electrons. The maximum Gasteiger partial charge on any atom is 0.243 e. The van der Waals surface area contributed by atoms with Gasteiger partial charge in [0.1, 0.15) is 17.4 Å². The number of rotatable bonds is 9. The van der Waals surface area contributed by atoms with E-state index in [9.17, 15) is 17.2 Å². The zero-order valence-electron chi connectivity index (χ0n) is 19.7. The number of benzene rings is 3. The van der Waals surface area contributed by atoms with Crippen LogP contribution in [-0.4, -0.2) is 50.4 Å². The van der Waals surface area contributed by atoms with Gasteiger partial charge in [-0.05, 0) is 66.1 Å². The van der Waals surface area contributed by atoms with Crippen LogP contribution in [0.15, 0.2) is 77.7 Å². The molecule has 0 saturated carbocycles. The zero-order chi connectivity index (χ0) is 24.8. The number of nitrogens with zero attached hydrogens (tertiary/aromatic N) is 2. The Bertz CT molecular complexity index is 1150. The fourth-order valence-corrected chi connectivity index (χ4v) is 5.72. The Morgan fingerprint density at radius 1 is 0.800 bits per heavy atom. The summed E-state index contributed by atoms with van der Waals surface area (Å²) in [4.78, 5) is 2.39. The molecule has 3 aromatic carbocycles. The Hall–Kier alpha value is -2.81. The van der Waals surface area contributed by atoms with E-state index >= 15 is 0 Å². The second-order valence-electron chi connectivity index (χ2n) is 8.62. The number of ether oxygens (including phenoxy) is 1. The molecule has 0 bridgehead atoms. The van der Waals surface area contributed by atoms with Crippen molar-refractivity contribution >= 4 is 10.0 Å². The van der Waals surface area contributed by atoms with E-state index in [0.717, 1.165) is 24.0 Å². The molecular weight excluding hydrogens is 470 g/mol. The average molecular weight is 501 g/mol. The highest BCUT2D eigenvalue weighted by molar-refractivity contribution is 7.89. The van der Waals surface area contributed by atoms with Crippen molar-refractivity contribution in [3.05, 3.63) is 95.6 Å². The molecule has 3 aromatic rings. The lowest BCUT2D eigenvalue weighted by atomic mass is 9.96. The molecule has 8 heteroatoms. The van der Waals surface area contributed by atoms with Gasteiger partial charge < -0.3 is 4.74 Å². The van der Waals surface area contributed by atoms with Crippen LogP contribution in [0.1, 0.15) is 36.9 Å². The van der Waals surface area contributed by atoms with E-state index in [4.69, 9.17) is 4.74 Å². The first kappa shape index (κ1) is 25.3. The Balaban J connectivity index is 1.48. The lowest BCUT2D eigenvalue weighted by Gasteiger charge is -2.39. The zero-order valence-corrected chi connectivity index (χ0v) is 20.6. The van der Waals surface area contributed by atoms with E-state index in [1.807, 2.05) is 0 Å². The third kappa shape index (κ3) is 6.07. The Labute approximate surface area is 206 Å². The van der Waals surface area contributed by atoms with E-state index < -0.39 is 10.0 Å². The van der Waals surface area contributed by atoms with Crippen molar-refractivity contribution in [1.29, 1.82) is 0 Å². The summed E-state index contributed by atoms with van der Waals surface area (Å²) in [7, 11) is -3.64. The molecule has 1 fully saturated rings. The lowest BCUT2D eigenvalue weighted by molar-refractivity contribution is 0.155. The molecule has 0 amide bonds. The second kappa shape index (κ2) is 11.3. The summed E-state index contributed by atoms with van der Waals surface area (Å²) in [6, 6.07) is 18.8. The van der Waals surface area contributed by atoms with Gasteiger partial charge in [-0.2, -0.15) is 4.31 Å². The van der Waals surface area contributed by atoms with Gasteiger partial charge in [0.2, 0.25) is 10.0 Å². The number of unbranched alkanes of at least 4 members (excludes halogenated alkanes) is 1. The van der Waals surface area contributed by atoms with Gasteiger partial charge in [-0.1, -0.05) is 37.6 Å². The molecule has 4 rings (SSSR count). The van der Waals surface area contributed by atoms with E-state index in [1.165, 1.54) is 28.6 Å². The Kier molecular flexibility index (Phi) is 8.15. The van der Waals surface area contributed by atoms with Gasteiger partial charge in [0.15, 0.2) is 0 Å². The van der Waals surface area contributed by atoms with Crippen molar-refractivity contribution in [2.45, 2.75) is 30.7 Å². The average Bonchev–Trinajstić information content (AvgIpc) is 2.87. The van der Waals surface area contributed by atoms with E-state index in [0.29, 0.717) is 38.5 Å². The molecule has 5 nitrogen and oxygen atoms in total. The van der Waals surface area contributed by atoms with E-state index in [2.05, 4.69) is 11.8 Å². The molecule has 0 N–H and O–H groups in total. The molecular formula is C27H30F2N2O3S. The van der Waals surface area contributed by atoms with Crippen molar-refractivity contribution in [3.63, 3.8) is 0 Å². The molecule has 186 valence electrons. The predicted molar refractivity (Wildman–Crippen MR) is 132 cm³/mol. The van der Waals surface area contributed by atoms with Gasteiger partial charge in [-0.15, -0.1) is 0 Å². The maximum absolute atomic E-state index is 13.5. The molecule has 35 heavy (non-hydrogen) atoms. The van der Waals surface area contributed by atoms with Crippen LogP contribution in [0.2, 0.25) is 0 Å². The first-order valence-corrected chi connectivity index (χ1v) is 13.3.